The fourth-order valence-corrected chi connectivity index (χ4v) is 2.87. The van der Waals surface area contributed by atoms with E-state index in [-0.39, 0.29) is 11.0 Å². The van der Waals surface area contributed by atoms with E-state index in [1.54, 1.807) is 17.5 Å². The Morgan fingerprint density at radius 3 is 2.67 bits per heavy atom. The highest BCUT2D eigenvalue weighted by atomic mass is 32.1. The molecule has 2 N–H and O–H groups in total. The lowest BCUT2D eigenvalue weighted by Crippen LogP contribution is -2.31. The van der Waals surface area contributed by atoms with Gasteiger partial charge in [0.2, 0.25) is 5.13 Å². The highest BCUT2D eigenvalue weighted by Gasteiger charge is 2.16. The summed E-state index contributed by atoms with van der Waals surface area (Å²) in [5.74, 6) is 0.0699. The Morgan fingerprint density at radius 1 is 1.33 bits per heavy atom. The predicted molar refractivity (Wildman–Crippen MR) is 77.2 cm³/mol. The molecule has 0 radical (unpaired) electrons. The van der Waals surface area contributed by atoms with E-state index in [0.717, 1.165) is 9.88 Å². The van der Waals surface area contributed by atoms with Gasteiger partial charge in [-0.3, -0.25) is 5.32 Å². The van der Waals surface area contributed by atoms with Crippen LogP contribution in [0.4, 0.5) is 18.7 Å². The number of alkyl halides is 2. The standard InChI is InChI=1S/C11H13F2N5OS2/c1-5(8-14-4-6(2)20-8)3-15-10(19)16-11-18-17-9(21-11)7(12)13/h4-5,7H,3H2,1-2H3,(H2,15,16,18,19)/t5-/m0/s1. The number of carbonyl (C=O) groups is 1. The van der Waals surface area contributed by atoms with Gasteiger partial charge in [0.05, 0.1) is 5.01 Å². The lowest BCUT2D eigenvalue weighted by Gasteiger charge is -2.09. The third-order valence-corrected chi connectivity index (χ3v) is 4.47. The van der Waals surface area contributed by atoms with Crippen molar-refractivity contribution < 1.29 is 13.6 Å². The van der Waals surface area contributed by atoms with Gasteiger partial charge in [0.25, 0.3) is 6.43 Å². The van der Waals surface area contributed by atoms with Crippen molar-refractivity contribution >= 4 is 33.8 Å². The van der Waals surface area contributed by atoms with Crippen molar-refractivity contribution in [2.75, 3.05) is 11.9 Å². The molecule has 6 nitrogen and oxygen atoms in total. The van der Waals surface area contributed by atoms with E-state index in [0.29, 0.717) is 17.9 Å². The van der Waals surface area contributed by atoms with Crippen LogP contribution in [-0.2, 0) is 0 Å². The van der Waals surface area contributed by atoms with Crippen LogP contribution in [0, 0.1) is 6.92 Å². The summed E-state index contributed by atoms with van der Waals surface area (Å²) < 4.78 is 24.7. The fraction of sp³-hybridized carbons (Fsp3) is 0.455. The summed E-state index contributed by atoms with van der Waals surface area (Å²) in [5, 5.41) is 12.3. The van der Waals surface area contributed by atoms with Crippen LogP contribution in [-0.4, -0.2) is 27.8 Å². The number of aromatic nitrogens is 3. The topological polar surface area (TPSA) is 79.8 Å². The summed E-state index contributed by atoms with van der Waals surface area (Å²) in [5.41, 5.74) is 0. The van der Waals surface area contributed by atoms with E-state index in [1.807, 2.05) is 13.8 Å². The number of hydrogen-bond acceptors (Lipinski definition) is 6. The van der Waals surface area contributed by atoms with Crippen molar-refractivity contribution in [1.82, 2.24) is 20.5 Å². The van der Waals surface area contributed by atoms with E-state index in [2.05, 4.69) is 25.8 Å². The van der Waals surface area contributed by atoms with Gasteiger partial charge in [-0.2, -0.15) is 0 Å². The molecule has 0 spiro atoms. The molecule has 0 bridgehead atoms. The Balaban J connectivity index is 1.81. The number of rotatable bonds is 5. The number of urea groups is 1. The maximum atomic E-state index is 12.3. The number of anilines is 1. The quantitative estimate of drug-likeness (QED) is 0.881. The molecule has 21 heavy (non-hydrogen) atoms. The van der Waals surface area contributed by atoms with Crippen LogP contribution in [0.15, 0.2) is 6.20 Å². The Bertz CT molecular complexity index is 615. The van der Waals surface area contributed by atoms with Crippen molar-refractivity contribution in [3.63, 3.8) is 0 Å². The fourth-order valence-electron chi connectivity index (χ4n) is 1.45. The van der Waals surface area contributed by atoms with Gasteiger partial charge in [-0.05, 0) is 6.92 Å². The maximum Gasteiger partial charge on any atom is 0.321 e. The molecule has 0 saturated heterocycles. The van der Waals surface area contributed by atoms with Gasteiger partial charge >= 0.3 is 6.03 Å². The molecule has 114 valence electrons. The molecule has 10 heteroatoms. The minimum absolute atomic E-state index is 0.0422. The van der Waals surface area contributed by atoms with Crippen LogP contribution in [0.3, 0.4) is 0 Å². The lowest BCUT2D eigenvalue weighted by molar-refractivity contribution is 0.150. The SMILES string of the molecule is Cc1cnc([C@@H](C)CNC(=O)Nc2nnc(C(F)F)s2)s1. The predicted octanol–water partition coefficient (Wildman–Crippen LogP) is 3.17. The zero-order valence-electron chi connectivity index (χ0n) is 11.3. The van der Waals surface area contributed by atoms with Gasteiger partial charge in [-0.25, -0.2) is 18.6 Å². The number of nitrogens with zero attached hydrogens (tertiary/aromatic N) is 3. The molecule has 2 aromatic rings. The third-order valence-electron chi connectivity index (χ3n) is 2.48. The summed E-state index contributed by atoms with van der Waals surface area (Å²) >= 11 is 2.22. The summed E-state index contributed by atoms with van der Waals surface area (Å²) in [6, 6.07) is -0.507. The van der Waals surface area contributed by atoms with Crippen LogP contribution in [0.25, 0.3) is 0 Å². The normalized spacial score (nSPS) is 12.4. The van der Waals surface area contributed by atoms with Crippen LogP contribution in [0.2, 0.25) is 0 Å². The number of thiazole rings is 1. The number of nitrogens with one attached hydrogen (secondary N) is 2. The highest BCUT2D eigenvalue weighted by Crippen LogP contribution is 2.25. The second-order valence-electron chi connectivity index (χ2n) is 4.29. The van der Waals surface area contributed by atoms with Gasteiger partial charge in [0.1, 0.15) is 0 Å². The van der Waals surface area contributed by atoms with E-state index >= 15 is 0 Å². The first-order valence-corrected chi connectivity index (χ1v) is 7.67. The second-order valence-corrected chi connectivity index (χ2v) is 6.57. The molecular formula is C11H13F2N5OS2. The molecule has 0 aliphatic rings. The molecule has 0 saturated carbocycles. The number of carbonyl (C=O) groups excluding carboxylic acids is 1. The summed E-state index contributed by atoms with van der Waals surface area (Å²) in [6.45, 7) is 4.29. The van der Waals surface area contributed by atoms with E-state index in [9.17, 15) is 13.6 Å². The molecule has 0 aliphatic heterocycles. The van der Waals surface area contributed by atoms with Crippen LogP contribution < -0.4 is 10.6 Å². The highest BCUT2D eigenvalue weighted by molar-refractivity contribution is 7.15. The summed E-state index contributed by atoms with van der Waals surface area (Å²) in [6.07, 6.45) is -0.904. The van der Waals surface area contributed by atoms with Crippen molar-refractivity contribution in [1.29, 1.82) is 0 Å². The first-order valence-electron chi connectivity index (χ1n) is 6.04. The monoisotopic (exact) mass is 333 g/mol. The molecule has 0 fully saturated rings. The Hall–Kier alpha value is -1.68. The summed E-state index contributed by atoms with van der Waals surface area (Å²) in [4.78, 5) is 17.0. The van der Waals surface area contributed by atoms with Crippen molar-refractivity contribution in [2.24, 2.45) is 0 Å². The number of amides is 2. The van der Waals surface area contributed by atoms with E-state index < -0.39 is 17.5 Å². The average molecular weight is 333 g/mol. The molecule has 2 aromatic heterocycles. The Kier molecular flexibility index (Phi) is 5.12. The van der Waals surface area contributed by atoms with E-state index in [4.69, 9.17) is 0 Å². The van der Waals surface area contributed by atoms with Gasteiger partial charge in [0.15, 0.2) is 5.01 Å². The summed E-state index contributed by atoms with van der Waals surface area (Å²) in [7, 11) is 0. The molecule has 2 heterocycles. The van der Waals surface area contributed by atoms with Crippen molar-refractivity contribution in [2.45, 2.75) is 26.2 Å². The smallest absolute Gasteiger partial charge is 0.321 e. The Labute approximate surface area is 127 Å². The number of aryl methyl sites for hydroxylation is 1. The van der Waals surface area contributed by atoms with Crippen LogP contribution in [0.5, 0.6) is 0 Å². The molecular weight excluding hydrogens is 320 g/mol. The van der Waals surface area contributed by atoms with Gasteiger partial charge < -0.3 is 5.32 Å². The Morgan fingerprint density at radius 2 is 2.10 bits per heavy atom. The van der Waals surface area contributed by atoms with Crippen molar-refractivity contribution in [3.8, 4) is 0 Å². The van der Waals surface area contributed by atoms with Gasteiger partial charge in [-0.15, -0.1) is 21.5 Å². The third kappa shape index (κ3) is 4.39. The van der Waals surface area contributed by atoms with Crippen molar-refractivity contribution in [3.05, 3.63) is 21.1 Å². The number of hydrogen-bond donors (Lipinski definition) is 2. The second kappa shape index (κ2) is 6.85. The first-order chi connectivity index (χ1) is 9.95. The number of halogens is 2. The van der Waals surface area contributed by atoms with Crippen LogP contribution in [0.1, 0.15) is 34.2 Å². The minimum Gasteiger partial charge on any atom is -0.337 e. The molecule has 2 amide bonds. The molecule has 0 unspecified atom stereocenters. The average Bonchev–Trinajstić information content (AvgIpc) is 3.05. The first kappa shape index (κ1) is 15.7. The zero-order valence-corrected chi connectivity index (χ0v) is 12.9. The largest absolute Gasteiger partial charge is 0.337 e. The van der Waals surface area contributed by atoms with Gasteiger partial charge in [0, 0.05) is 23.5 Å². The van der Waals surface area contributed by atoms with Crippen LogP contribution >= 0.6 is 22.7 Å². The molecule has 1 atom stereocenters. The lowest BCUT2D eigenvalue weighted by atomic mass is 10.2. The maximum absolute atomic E-state index is 12.3. The molecule has 2 rings (SSSR count). The zero-order chi connectivity index (χ0) is 15.4. The minimum atomic E-state index is -2.69. The molecule has 0 aliphatic carbocycles. The van der Waals surface area contributed by atoms with E-state index in [1.165, 1.54) is 0 Å². The molecule has 0 aromatic carbocycles. The van der Waals surface area contributed by atoms with Gasteiger partial charge in [-0.1, -0.05) is 18.3 Å².